The van der Waals surface area contributed by atoms with Gasteiger partial charge in [0.05, 0.1) is 5.39 Å². The first kappa shape index (κ1) is 13.9. The van der Waals surface area contributed by atoms with Crippen LogP contribution < -0.4 is 10.9 Å². The predicted octanol–water partition coefficient (Wildman–Crippen LogP) is 0.874. The lowest BCUT2D eigenvalue weighted by molar-refractivity contribution is -0.121. The summed E-state index contributed by atoms with van der Waals surface area (Å²) in [6.07, 6.45) is 2.50. The molecule has 0 spiro atoms. The molecule has 6 heteroatoms. The number of rotatable bonds is 6. The van der Waals surface area contributed by atoms with Crippen molar-refractivity contribution in [2.75, 3.05) is 6.54 Å². The third-order valence-electron chi connectivity index (χ3n) is 2.85. The molecule has 0 aliphatic heterocycles. The second-order valence-electron chi connectivity index (χ2n) is 4.33. The number of aromatic nitrogens is 3. The molecular formula is C14H16N4O2. The van der Waals surface area contributed by atoms with Crippen LogP contribution in [-0.4, -0.2) is 27.4 Å². The number of nitrogens with one attached hydrogen (secondary N) is 1. The Kier molecular flexibility index (Phi) is 4.60. The molecule has 6 nitrogen and oxygen atoms in total. The molecule has 0 aliphatic rings. The van der Waals surface area contributed by atoms with Gasteiger partial charge < -0.3 is 5.32 Å². The zero-order chi connectivity index (χ0) is 14.4. The molecule has 0 bridgehead atoms. The summed E-state index contributed by atoms with van der Waals surface area (Å²) < 4.78 is 1.29. The molecule has 104 valence electrons. The first-order valence-corrected chi connectivity index (χ1v) is 6.42. The summed E-state index contributed by atoms with van der Waals surface area (Å²) in [4.78, 5) is 23.5. The zero-order valence-electron chi connectivity index (χ0n) is 11.1. The molecule has 0 saturated carbocycles. The molecular weight excluding hydrogens is 256 g/mol. The minimum atomic E-state index is -0.179. The molecule has 0 aliphatic carbocycles. The van der Waals surface area contributed by atoms with Gasteiger partial charge in [0.1, 0.15) is 5.52 Å². The van der Waals surface area contributed by atoms with Crippen molar-refractivity contribution < 1.29 is 4.79 Å². The van der Waals surface area contributed by atoms with E-state index in [1.807, 2.05) is 6.07 Å². The normalized spacial score (nSPS) is 10.4. The standard InChI is InChI=1S/C14H16N4O2/c1-2-9-15-13(19)8-5-10-18-14(20)11-6-3-4-7-12(11)16-17-18/h2-4,6-7H,1,5,8-10H2,(H,15,19). The number of carbonyl (C=O) groups excluding carboxylic acids is 1. The maximum absolute atomic E-state index is 12.1. The van der Waals surface area contributed by atoms with Gasteiger partial charge in [-0.2, -0.15) is 0 Å². The van der Waals surface area contributed by atoms with Crippen LogP contribution >= 0.6 is 0 Å². The molecule has 0 unspecified atom stereocenters. The first-order valence-electron chi connectivity index (χ1n) is 6.42. The van der Waals surface area contributed by atoms with Crippen molar-refractivity contribution in [3.8, 4) is 0 Å². The predicted molar refractivity (Wildman–Crippen MR) is 76.2 cm³/mol. The molecule has 1 amide bonds. The van der Waals surface area contributed by atoms with Gasteiger partial charge in [0, 0.05) is 19.5 Å². The number of aryl methyl sites for hydroxylation is 1. The van der Waals surface area contributed by atoms with E-state index in [0.717, 1.165) is 0 Å². The number of fused-ring (bicyclic) bond motifs is 1. The third-order valence-corrected chi connectivity index (χ3v) is 2.85. The molecule has 0 radical (unpaired) electrons. The minimum absolute atomic E-state index is 0.0632. The number of amides is 1. The highest BCUT2D eigenvalue weighted by atomic mass is 16.1. The Hall–Kier alpha value is -2.50. The molecule has 0 fully saturated rings. The Balaban J connectivity index is 2.00. The fourth-order valence-electron chi connectivity index (χ4n) is 1.83. The Morgan fingerprint density at radius 1 is 1.40 bits per heavy atom. The maximum atomic E-state index is 12.1. The SMILES string of the molecule is C=CCNC(=O)CCCn1nnc2ccccc2c1=O. The summed E-state index contributed by atoms with van der Waals surface area (Å²) in [5.74, 6) is -0.0632. The summed E-state index contributed by atoms with van der Waals surface area (Å²) in [5, 5.41) is 11.1. The van der Waals surface area contributed by atoms with Crippen LogP contribution in [-0.2, 0) is 11.3 Å². The summed E-state index contributed by atoms with van der Waals surface area (Å²) in [6, 6.07) is 7.07. The molecule has 0 atom stereocenters. The van der Waals surface area contributed by atoms with E-state index >= 15 is 0 Å². The topological polar surface area (TPSA) is 76.9 Å². The van der Waals surface area contributed by atoms with Crippen LogP contribution in [0.4, 0.5) is 0 Å². The van der Waals surface area contributed by atoms with Gasteiger partial charge in [-0.15, -0.1) is 11.7 Å². The zero-order valence-corrected chi connectivity index (χ0v) is 11.1. The van der Waals surface area contributed by atoms with E-state index in [0.29, 0.717) is 36.8 Å². The minimum Gasteiger partial charge on any atom is -0.353 e. The largest absolute Gasteiger partial charge is 0.353 e. The van der Waals surface area contributed by atoms with Crippen molar-refractivity contribution in [2.24, 2.45) is 0 Å². The van der Waals surface area contributed by atoms with Crippen LogP contribution in [0.1, 0.15) is 12.8 Å². The van der Waals surface area contributed by atoms with Crippen LogP contribution in [0.3, 0.4) is 0 Å². The van der Waals surface area contributed by atoms with Crippen LogP contribution in [0.5, 0.6) is 0 Å². The molecule has 1 aromatic heterocycles. The molecule has 2 rings (SSSR count). The quantitative estimate of drug-likeness (QED) is 0.792. The van der Waals surface area contributed by atoms with Gasteiger partial charge in [0.2, 0.25) is 5.91 Å². The highest BCUT2D eigenvalue weighted by molar-refractivity contribution is 5.76. The van der Waals surface area contributed by atoms with Gasteiger partial charge in [-0.1, -0.05) is 23.4 Å². The second-order valence-corrected chi connectivity index (χ2v) is 4.33. The van der Waals surface area contributed by atoms with Crippen molar-refractivity contribution in [3.05, 3.63) is 47.3 Å². The van der Waals surface area contributed by atoms with Crippen molar-refractivity contribution >= 4 is 16.8 Å². The van der Waals surface area contributed by atoms with E-state index in [1.54, 1.807) is 24.3 Å². The van der Waals surface area contributed by atoms with E-state index in [4.69, 9.17) is 0 Å². The van der Waals surface area contributed by atoms with Crippen molar-refractivity contribution in [1.29, 1.82) is 0 Å². The van der Waals surface area contributed by atoms with Gasteiger partial charge in [0.25, 0.3) is 5.56 Å². The molecule has 0 saturated heterocycles. The fraction of sp³-hybridized carbons (Fsp3) is 0.286. The van der Waals surface area contributed by atoms with Gasteiger partial charge >= 0.3 is 0 Å². The summed E-state index contributed by atoms with van der Waals surface area (Å²) in [6.45, 7) is 4.35. The third kappa shape index (κ3) is 3.28. The Labute approximate surface area is 116 Å². The van der Waals surface area contributed by atoms with Crippen LogP contribution in [0, 0.1) is 0 Å². The first-order chi connectivity index (χ1) is 9.72. The van der Waals surface area contributed by atoms with Crippen LogP contribution in [0.25, 0.3) is 10.9 Å². The smallest absolute Gasteiger partial charge is 0.277 e. The van der Waals surface area contributed by atoms with E-state index in [2.05, 4.69) is 22.2 Å². The molecule has 20 heavy (non-hydrogen) atoms. The molecule has 1 aromatic carbocycles. The maximum Gasteiger partial charge on any atom is 0.277 e. The van der Waals surface area contributed by atoms with Crippen LogP contribution in [0.2, 0.25) is 0 Å². The van der Waals surface area contributed by atoms with Crippen molar-refractivity contribution in [1.82, 2.24) is 20.3 Å². The highest BCUT2D eigenvalue weighted by Gasteiger charge is 2.05. The van der Waals surface area contributed by atoms with E-state index in [9.17, 15) is 9.59 Å². The average Bonchev–Trinajstić information content (AvgIpc) is 2.48. The van der Waals surface area contributed by atoms with Gasteiger partial charge in [-0.05, 0) is 18.6 Å². The van der Waals surface area contributed by atoms with Gasteiger partial charge in [-0.25, -0.2) is 4.68 Å². The van der Waals surface area contributed by atoms with E-state index in [1.165, 1.54) is 4.68 Å². The lowest BCUT2D eigenvalue weighted by Gasteiger charge is -2.05. The molecule has 1 N–H and O–H groups in total. The van der Waals surface area contributed by atoms with E-state index < -0.39 is 0 Å². The second kappa shape index (κ2) is 6.60. The molecule has 1 heterocycles. The van der Waals surface area contributed by atoms with Crippen molar-refractivity contribution in [2.45, 2.75) is 19.4 Å². The summed E-state index contributed by atoms with van der Waals surface area (Å²) in [5.41, 5.74) is 0.402. The monoisotopic (exact) mass is 272 g/mol. The van der Waals surface area contributed by atoms with Crippen molar-refractivity contribution in [3.63, 3.8) is 0 Å². The Morgan fingerprint density at radius 3 is 3.00 bits per heavy atom. The number of benzene rings is 1. The van der Waals surface area contributed by atoms with Gasteiger partial charge in [0.15, 0.2) is 0 Å². The summed E-state index contributed by atoms with van der Waals surface area (Å²) in [7, 11) is 0. The summed E-state index contributed by atoms with van der Waals surface area (Å²) >= 11 is 0. The lowest BCUT2D eigenvalue weighted by Crippen LogP contribution is -2.26. The highest BCUT2D eigenvalue weighted by Crippen LogP contribution is 2.03. The Morgan fingerprint density at radius 2 is 2.20 bits per heavy atom. The number of carbonyl (C=O) groups is 1. The fourth-order valence-corrected chi connectivity index (χ4v) is 1.83. The van der Waals surface area contributed by atoms with Gasteiger partial charge in [-0.3, -0.25) is 9.59 Å². The average molecular weight is 272 g/mol. The number of hydrogen-bond donors (Lipinski definition) is 1. The number of nitrogens with zero attached hydrogens (tertiary/aromatic N) is 3. The number of hydrogen-bond acceptors (Lipinski definition) is 4. The Bertz CT molecular complexity index is 678. The van der Waals surface area contributed by atoms with E-state index in [-0.39, 0.29) is 11.5 Å². The molecule has 2 aromatic rings. The van der Waals surface area contributed by atoms with Crippen LogP contribution in [0.15, 0.2) is 41.7 Å². The lowest BCUT2D eigenvalue weighted by atomic mass is 10.2.